The molecule has 36 heavy (non-hydrogen) atoms. The molecule has 1 aromatic carbocycles. The summed E-state index contributed by atoms with van der Waals surface area (Å²) < 4.78 is 13.2. The molecule has 0 saturated carbocycles. The Hall–Kier alpha value is -3.63. The van der Waals surface area contributed by atoms with Crippen LogP contribution < -0.4 is 15.5 Å². The lowest BCUT2D eigenvalue weighted by Crippen LogP contribution is -2.38. The van der Waals surface area contributed by atoms with E-state index in [-0.39, 0.29) is 11.1 Å². The Kier molecular flexibility index (Phi) is 7.33. The number of hydrogen-bond acceptors (Lipinski definition) is 8. The first kappa shape index (κ1) is 24.1. The molecule has 2 N–H and O–H groups in total. The van der Waals surface area contributed by atoms with E-state index in [1.807, 2.05) is 18.2 Å². The SMILES string of the molecule is O=C1NC(=O)C(=Cc2ccnc(N3CCC(CNCc4cccc(-c5ccc(F)cc5)n4)CC3)n2)S1. The number of nitrogens with zero attached hydrogens (tertiary/aromatic N) is 4. The molecule has 5 rings (SSSR count). The molecule has 0 radical (unpaired) electrons. The zero-order valence-electron chi connectivity index (χ0n) is 19.5. The number of carbonyl (C=O) groups excluding carboxylic acids is 2. The van der Waals surface area contributed by atoms with E-state index < -0.39 is 5.91 Å². The summed E-state index contributed by atoms with van der Waals surface area (Å²) in [5.41, 5.74) is 3.28. The third-order valence-corrected chi connectivity index (χ3v) is 6.98. The van der Waals surface area contributed by atoms with E-state index >= 15 is 0 Å². The normalized spacial score (nSPS) is 17.6. The first-order valence-electron chi connectivity index (χ1n) is 11.8. The van der Waals surface area contributed by atoms with Crippen molar-refractivity contribution in [1.82, 2.24) is 25.6 Å². The fourth-order valence-corrected chi connectivity index (χ4v) is 4.92. The van der Waals surface area contributed by atoms with Crippen molar-refractivity contribution in [2.75, 3.05) is 24.5 Å². The first-order valence-corrected chi connectivity index (χ1v) is 12.6. The highest BCUT2D eigenvalue weighted by atomic mass is 32.2. The lowest BCUT2D eigenvalue weighted by Gasteiger charge is -2.32. The number of amides is 2. The number of rotatable bonds is 7. The van der Waals surface area contributed by atoms with Gasteiger partial charge < -0.3 is 10.2 Å². The minimum atomic E-state index is -0.393. The molecular weight excluding hydrogens is 479 g/mol. The fraction of sp³-hybridized carbons (Fsp3) is 0.269. The first-order chi connectivity index (χ1) is 17.5. The van der Waals surface area contributed by atoms with Gasteiger partial charge in [0.25, 0.3) is 11.1 Å². The van der Waals surface area contributed by atoms with E-state index in [0.717, 1.165) is 61.2 Å². The van der Waals surface area contributed by atoms with Crippen LogP contribution in [-0.2, 0) is 11.3 Å². The van der Waals surface area contributed by atoms with Crippen molar-refractivity contribution < 1.29 is 14.0 Å². The van der Waals surface area contributed by atoms with Gasteiger partial charge in [0, 0.05) is 31.4 Å². The zero-order valence-corrected chi connectivity index (χ0v) is 20.3. The maximum atomic E-state index is 13.2. The van der Waals surface area contributed by atoms with Gasteiger partial charge in [-0.05, 0) is 85.6 Å². The molecule has 3 aromatic rings. The molecule has 2 saturated heterocycles. The number of thioether (sulfide) groups is 1. The summed E-state index contributed by atoms with van der Waals surface area (Å²) in [6.07, 6.45) is 5.32. The maximum absolute atomic E-state index is 13.2. The van der Waals surface area contributed by atoms with E-state index in [1.54, 1.807) is 30.5 Å². The van der Waals surface area contributed by atoms with Crippen LogP contribution in [0.3, 0.4) is 0 Å². The van der Waals surface area contributed by atoms with E-state index in [0.29, 0.717) is 29.0 Å². The van der Waals surface area contributed by atoms with Gasteiger partial charge in [-0.3, -0.25) is 19.9 Å². The van der Waals surface area contributed by atoms with E-state index in [9.17, 15) is 14.0 Å². The molecule has 2 aliphatic rings. The second-order valence-electron chi connectivity index (χ2n) is 8.72. The standard InChI is InChI=1S/C26H25FN6O2S/c27-19-6-4-18(5-7-19)22-3-1-2-21(30-22)16-28-15-17-9-12-33(13-10-17)25-29-11-8-20(31-25)14-23-24(34)32-26(35)36-23/h1-8,11,14,17,28H,9-10,12-13,15-16H2,(H,32,34,35). The second kappa shape index (κ2) is 11.0. The van der Waals surface area contributed by atoms with Crippen LogP contribution in [0.1, 0.15) is 24.2 Å². The van der Waals surface area contributed by atoms with Gasteiger partial charge in [-0.2, -0.15) is 0 Å². The monoisotopic (exact) mass is 504 g/mol. The van der Waals surface area contributed by atoms with Gasteiger partial charge in [-0.15, -0.1) is 0 Å². The van der Waals surface area contributed by atoms with Crippen LogP contribution >= 0.6 is 11.8 Å². The number of piperidine rings is 1. The highest BCUT2D eigenvalue weighted by Gasteiger charge is 2.25. The molecule has 4 heterocycles. The average Bonchev–Trinajstić information content (AvgIpc) is 3.21. The van der Waals surface area contributed by atoms with Crippen LogP contribution in [0, 0.1) is 11.7 Å². The Morgan fingerprint density at radius 1 is 1.08 bits per heavy atom. The van der Waals surface area contributed by atoms with E-state index in [2.05, 4.69) is 25.5 Å². The Labute approximate surface area is 212 Å². The van der Waals surface area contributed by atoms with Gasteiger partial charge in [0.15, 0.2) is 0 Å². The summed E-state index contributed by atoms with van der Waals surface area (Å²) in [7, 11) is 0. The molecule has 2 aromatic heterocycles. The smallest absolute Gasteiger partial charge is 0.290 e. The Morgan fingerprint density at radius 2 is 1.89 bits per heavy atom. The number of imide groups is 1. The van der Waals surface area contributed by atoms with E-state index in [4.69, 9.17) is 4.98 Å². The Bertz CT molecular complexity index is 1290. The fourth-order valence-electron chi connectivity index (χ4n) is 4.25. The highest BCUT2D eigenvalue weighted by Crippen LogP contribution is 2.26. The predicted octanol–water partition coefficient (Wildman–Crippen LogP) is 4.01. The predicted molar refractivity (Wildman–Crippen MR) is 137 cm³/mol. The molecule has 0 bridgehead atoms. The minimum Gasteiger partial charge on any atom is -0.341 e. The van der Waals surface area contributed by atoms with Crippen molar-refractivity contribution in [3.8, 4) is 11.3 Å². The van der Waals surface area contributed by atoms with Crippen LogP contribution in [-0.4, -0.2) is 45.7 Å². The Morgan fingerprint density at radius 3 is 2.64 bits per heavy atom. The summed E-state index contributed by atoms with van der Waals surface area (Å²) >= 11 is 0.879. The third kappa shape index (κ3) is 5.95. The summed E-state index contributed by atoms with van der Waals surface area (Å²) in [5, 5.41) is 5.41. The van der Waals surface area contributed by atoms with Crippen LogP contribution in [0.5, 0.6) is 0 Å². The second-order valence-corrected chi connectivity index (χ2v) is 9.73. The third-order valence-electron chi connectivity index (χ3n) is 6.17. The summed E-state index contributed by atoms with van der Waals surface area (Å²) in [4.78, 5) is 39.3. The van der Waals surface area contributed by atoms with Crippen LogP contribution in [0.4, 0.5) is 15.1 Å². The van der Waals surface area contributed by atoms with Gasteiger partial charge >= 0.3 is 0 Å². The summed E-state index contributed by atoms with van der Waals surface area (Å²) in [6, 6.07) is 14.0. The van der Waals surface area contributed by atoms with Crippen LogP contribution in [0.25, 0.3) is 17.3 Å². The number of aromatic nitrogens is 3. The molecule has 10 heteroatoms. The number of halogens is 1. The number of benzene rings is 1. The number of pyridine rings is 1. The molecule has 2 aliphatic heterocycles. The molecule has 0 unspecified atom stereocenters. The number of nitrogens with one attached hydrogen (secondary N) is 2. The van der Waals surface area contributed by atoms with Gasteiger partial charge in [0.2, 0.25) is 5.95 Å². The van der Waals surface area contributed by atoms with Gasteiger partial charge in [0.05, 0.1) is 22.0 Å². The summed E-state index contributed by atoms with van der Waals surface area (Å²) in [6.45, 7) is 3.25. The van der Waals surface area contributed by atoms with Crippen molar-refractivity contribution in [3.05, 3.63) is 76.8 Å². The molecule has 0 spiro atoms. The molecular formula is C26H25FN6O2S. The van der Waals surface area contributed by atoms with Crippen molar-refractivity contribution >= 4 is 34.9 Å². The highest BCUT2D eigenvalue weighted by molar-refractivity contribution is 8.18. The quantitative estimate of drug-likeness (QED) is 0.466. The van der Waals surface area contributed by atoms with Gasteiger partial charge in [0.1, 0.15) is 5.82 Å². The van der Waals surface area contributed by atoms with Crippen molar-refractivity contribution in [2.24, 2.45) is 5.92 Å². The minimum absolute atomic E-state index is 0.255. The average molecular weight is 505 g/mol. The molecule has 2 fully saturated rings. The van der Waals surface area contributed by atoms with Crippen molar-refractivity contribution in [2.45, 2.75) is 19.4 Å². The lowest BCUT2D eigenvalue weighted by molar-refractivity contribution is -0.115. The Balaban J connectivity index is 1.11. The zero-order chi connectivity index (χ0) is 24.9. The number of hydrogen-bond donors (Lipinski definition) is 2. The largest absolute Gasteiger partial charge is 0.341 e. The topological polar surface area (TPSA) is 100 Å². The molecule has 184 valence electrons. The lowest BCUT2D eigenvalue weighted by atomic mass is 9.97. The van der Waals surface area contributed by atoms with Gasteiger partial charge in [-0.1, -0.05) is 6.07 Å². The summed E-state index contributed by atoms with van der Waals surface area (Å²) in [5.74, 6) is 0.522. The molecule has 2 amide bonds. The maximum Gasteiger partial charge on any atom is 0.290 e. The van der Waals surface area contributed by atoms with Crippen LogP contribution in [0.15, 0.2) is 59.6 Å². The van der Waals surface area contributed by atoms with Gasteiger partial charge in [-0.25, -0.2) is 14.4 Å². The van der Waals surface area contributed by atoms with Crippen LogP contribution in [0.2, 0.25) is 0 Å². The number of anilines is 1. The molecule has 0 atom stereocenters. The number of carbonyl (C=O) groups is 2. The van der Waals surface area contributed by atoms with E-state index in [1.165, 1.54) is 12.1 Å². The molecule has 8 nitrogen and oxygen atoms in total. The molecule has 0 aliphatic carbocycles. The van der Waals surface area contributed by atoms with Crippen molar-refractivity contribution in [1.29, 1.82) is 0 Å². The van der Waals surface area contributed by atoms with Crippen molar-refractivity contribution in [3.63, 3.8) is 0 Å².